The molecule has 1 atom stereocenters. The van der Waals surface area contributed by atoms with Gasteiger partial charge in [0.05, 0.1) is 5.04 Å². The highest BCUT2D eigenvalue weighted by Gasteiger charge is 2.25. The first-order valence-electron chi connectivity index (χ1n) is 5.05. The van der Waals surface area contributed by atoms with Gasteiger partial charge in [0.25, 0.3) is 0 Å². The quantitative estimate of drug-likeness (QED) is 0.914. The summed E-state index contributed by atoms with van der Waals surface area (Å²) < 4.78 is 28.1. The molecule has 1 aliphatic rings. The van der Waals surface area contributed by atoms with Crippen LogP contribution >= 0.6 is 11.8 Å². The number of aliphatic carboxylic acids is 1. The van der Waals surface area contributed by atoms with Gasteiger partial charge in [0, 0.05) is 11.3 Å². The fourth-order valence-corrected chi connectivity index (χ4v) is 2.47. The van der Waals surface area contributed by atoms with Crippen LogP contribution < -0.4 is 4.74 Å². The second-order valence-electron chi connectivity index (χ2n) is 3.50. The molecular formula is C11H9F2NO3S. The van der Waals surface area contributed by atoms with Crippen LogP contribution in [0.3, 0.4) is 0 Å². The van der Waals surface area contributed by atoms with Crippen LogP contribution in [0.15, 0.2) is 29.3 Å². The third kappa shape index (κ3) is 2.98. The van der Waals surface area contributed by atoms with Gasteiger partial charge in [-0.1, -0.05) is 0 Å². The van der Waals surface area contributed by atoms with Crippen molar-refractivity contribution >= 4 is 22.8 Å². The molecule has 1 N–H and O–H groups in total. The summed E-state index contributed by atoms with van der Waals surface area (Å²) in [5.41, 5.74) is 0.699. The highest BCUT2D eigenvalue weighted by atomic mass is 32.2. The van der Waals surface area contributed by atoms with Crippen LogP contribution in [0.2, 0.25) is 0 Å². The Balaban J connectivity index is 2.11. The molecule has 0 spiro atoms. The molecule has 0 amide bonds. The van der Waals surface area contributed by atoms with Gasteiger partial charge in [-0.2, -0.15) is 8.78 Å². The lowest BCUT2D eigenvalue weighted by Gasteiger charge is -2.05. The Bertz CT molecular complexity index is 476. The zero-order valence-electron chi connectivity index (χ0n) is 9.05. The Morgan fingerprint density at radius 2 is 2.11 bits per heavy atom. The van der Waals surface area contributed by atoms with Gasteiger partial charge in [-0.15, -0.1) is 11.8 Å². The van der Waals surface area contributed by atoms with Crippen molar-refractivity contribution in [1.29, 1.82) is 0 Å². The fourth-order valence-electron chi connectivity index (χ4n) is 1.44. The Hall–Kier alpha value is -1.63. The molecule has 0 aromatic heterocycles. The SMILES string of the molecule is O=C(O)C1CSC(c2ccc(OC(F)F)cc2)=N1. The van der Waals surface area contributed by atoms with Crippen LogP contribution in [0.1, 0.15) is 5.56 Å². The molecule has 18 heavy (non-hydrogen) atoms. The van der Waals surface area contributed by atoms with Crippen LogP contribution in [0.25, 0.3) is 0 Å². The topological polar surface area (TPSA) is 58.9 Å². The number of aliphatic imine (C=N–C) groups is 1. The predicted molar refractivity (Wildman–Crippen MR) is 63.5 cm³/mol. The van der Waals surface area contributed by atoms with E-state index < -0.39 is 18.6 Å². The summed E-state index contributed by atoms with van der Waals surface area (Å²) in [5.74, 6) is -0.512. The second kappa shape index (κ2) is 5.34. The molecule has 0 bridgehead atoms. The molecule has 0 fully saturated rings. The smallest absolute Gasteiger partial charge is 0.387 e. The van der Waals surface area contributed by atoms with Crippen molar-refractivity contribution in [1.82, 2.24) is 0 Å². The highest BCUT2D eigenvalue weighted by molar-refractivity contribution is 8.14. The van der Waals surface area contributed by atoms with Gasteiger partial charge in [-0.3, -0.25) is 4.99 Å². The van der Waals surface area contributed by atoms with Crippen molar-refractivity contribution in [3.8, 4) is 5.75 Å². The van der Waals surface area contributed by atoms with E-state index in [0.717, 1.165) is 0 Å². The Morgan fingerprint density at radius 1 is 1.44 bits per heavy atom. The zero-order chi connectivity index (χ0) is 13.1. The van der Waals surface area contributed by atoms with Crippen molar-refractivity contribution in [3.63, 3.8) is 0 Å². The second-order valence-corrected chi connectivity index (χ2v) is 4.51. The third-order valence-electron chi connectivity index (χ3n) is 2.26. The number of carbonyl (C=O) groups is 1. The van der Waals surface area contributed by atoms with E-state index in [0.29, 0.717) is 16.4 Å². The summed E-state index contributed by atoms with van der Waals surface area (Å²) in [6, 6.07) is 5.22. The average molecular weight is 273 g/mol. The number of alkyl halides is 2. The lowest BCUT2D eigenvalue weighted by molar-refractivity contribution is -0.137. The van der Waals surface area contributed by atoms with E-state index in [1.165, 1.54) is 23.9 Å². The van der Waals surface area contributed by atoms with Crippen LogP contribution in [-0.4, -0.2) is 34.5 Å². The molecule has 0 aliphatic carbocycles. The Morgan fingerprint density at radius 3 is 2.61 bits per heavy atom. The van der Waals surface area contributed by atoms with Crippen molar-refractivity contribution in [3.05, 3.63) is 29.8 Å². The summed E-state index contributed by atoms with van der Waals surface area (Å²) in [7, 11) is 0. The van der Waals surface area contributed by atoms with E-state index in [2.05, 4.69) is 9.73 Å². The molecule has 1 heterocycles. The minimum atomic E-state index is -2.86. The summed E-state index contributed by atoms with van der Waals surface area (Å²) in [6.07, 6.45) is 0. The van der Waals surface area contributed by atoms with E-state index in [4.69, 9.17) is 5.11 Å². The number of rotatable bonds is 4. The molecule has 1 aromatic rings. The van der Waals surface area contributed by atoms with Crippen LogP contribution in [-0.2, 0) is 4.79 Å². The lowest BCUT2D eigenvalue weighted by atomic mass is 10.2. The first-order chi connectivity index (χ1) is 8.56. The number of carboxylic acid groups (broad SMARTS) is 1. The molecule has 4 nitrogen and oxygen atoms in total. The standard InChI is InChI=1S/C11H9F2NO3S/c12-11(13)17-7-3-1-6(2-4-7)9-14-8(5-18-9)10(15)16/h1-4,8,11H,5H2,(H,15,16). The molecule has 0 saturated carbocycles. The van der Waals surface area contributed by atoms with Gasteiger partial charge in [0.1, 0.15) is 5.75 Å². The number of nitrogens with zero attached hydrogens (tertiary/aromatic N) is 1. The normalized spacial score (nSPS) is 18.8. The monoisotopic (exact) mass is 273 g/mol. The van der Waals surface area contributed by atoms with Crippen LogP contribution in [0.5, 0.6) is 5.75 Å². The van der Waals surface area contributed by atoms with Crippen molar-refractivity contribution < 1.29 is 23.4 Å². The minimum Gasteiger partial charge on any atom is -0.480 e. The molecule has 0 saturated heterocycles. The van der Waals surface area contributed by atoms with Gasteiger partial charge in [0.2, 0.25) is 0 Å². The number of hydrogen-bond acceptors (Lipinski definition) is 4. The molecular weight excluding hydrogens is 264 g/mol. The summed E-state index contributed by atoms with van der Waals surface area (Å²) >= 11 is 1.33. The number of thioether (sulfide) groups is 1. The summed E-state index contributed by atoms with van der Waals surface area (Å²) in [4.78, 5) is 14.8. The lowest BCUT2D eigenvalue weighted by Crippen LogP contribution is -2.17. The molecule has 96 valence electrons. The minimum absolute atomic E-state index is 0.0622. The zero-order valence-corrected chi connectivity index (χ0v) is 9.86. The first-order valence-corrected chi connectivity index (χ1v) is 6.03. The number of carboxylic acids is 1. The van der Waals surface area contributed by atoms with Gasteiger partial charge >= 0.3 is 12.6 Å². The molecule has 2 rings (SSSR count). The maximum atomic E-state index is 11.9. The van der Waals surface area contributed by atoms with E-state index in [9.17, 15) is 13.6 Å². The molecule has 1 unspecified atom stereocenters. The Labute approximate surface area is 106 Å². The van der Waals surface area contributed by atoms with Gasteiger partial charge in [-0.25, -0.2) is 4.79 Å². The summed E-state index contributed by atoms with van der Waals surface area (Å²) in [5, 5.41) is 9.40. The maximum absolute atomic E-state index is 11.9. The van der Waals surface area contributed by atoms with E-state index in [1.54, 1.807) is 12.1 Å². The number of ether oxygens (including phenoxy) is 1. The predicted octanol–water partition coefficient (Wildman–Crippen LogP) is 2.23. The largest absolute Gasteiger partial charge is 0.480 e. The van der Waals surface area contributed by atoms with Gasteiger partial charge in [-0.05, 0) is 24.3 Å². The van der Waals surface area contributed by atoms with Gasteiger partial charge < -0.3 is 9.84 Å². The summed E-state index contributed by atoms with van der Waals surface area (Å²) in [6.45, 7) is -2.86. The molecule has 1 aliphatic heterocycles. The van der Waals surface area contributed by atoms with E-state index >= 15 is 0 Å². The third-order valence-corrected chi connectivity index (χ3v) is 3.36. The van der Waals surface area contributed by atoms with Crippen molar-refractivity contribution in [2.45, 2.75) is 12.7 Å². The van der Waals surface area contributed by atoms with Crippen molar-refractivity contribution in [2.75, 3.05) is 5.75 Å². The van der Waals surface area contributed by atoms with Crippen molar-refractivity contribution in [2.24, 2.45) is 4.99 Å². The Kier molecular flexibility index (Phi) is 3.81. The fraction of sp³-hybridized carbons (Fsp3) is 0.273. The molecule has 7 heteroatoms. The number of benzene rings is 1. The maximum Gasteiger partial charge on any atom is 0.387 e. The van der Waals surface area contributed by atoms with E-state index in [1.807, 2.05) is 0 Å². The van der Waals surface area contributed by atoms with Crippen LogP contribution in [0.4, 0.5) is 8.78 Å². The van der Waals surface area contributed by atoms with Crippen LogP contribution in [0, 0.1) is 0 Å². The number of hydrogen-bond donors (Lipinski definition) is 1. The molecule has 1 aromatic carbocycles. The highest BCUT2D eigenvalue weighted by Crippen LogP contribution is 2.25. The molecule has 0 radical (unpaired) electrons. The van der Waals surface area contributed by atoms with E-state index in [-0.39, 0.29) is 5.75 Å². The average Bonchev–Trinajstić information content (AvgIpc) is 2.78. The van der Waals surface area contributed by atoms with Gasteiger partial charge in [0.15, 0.2) is 6.04 Å². The number of halogens is 2. The first kappa shape index (κ1) is 12.8.